The highest BCUT2D eigenvalue weighted by atomic mass is 15.3. The van der Waals surface area contributed by atoms with Gasteiger partial charge in [-0.15, -0.1) is 0 Å². The first kappa shape index (κ1) is 12.8. The number of aromatic nitrogens is 2. The molecule has 1 N–H and O–H groups in total. The van der Waals surface area contributed by atoms with Gasteiger partial charge in [-0.05, 0) is 12.5 Å². The molecule has 0 fully saturated rings. The van der Waals surface area contributed by atoms with Crippen LogP contribution in [0.15, 0.2) is 36.5 Å². The molecule has 0 spiro atoms. The number of aryl methyl sites for hydroxylation is 1. The molecule has 0 amide bonds. The molecule has 0 aliphatic carbocycles. The van der Waals surface area contributed by atoms with Gasteiger partial charge in [-0.1, -0.05) is 44.2 Å². The second-order valence-electron chi connectivity index (χ2n) is 4.96. The van der Waals surface area contributed by atoms with E-state index in [9.17, 15) is 0 Å². The summed E-state index contributed by atoms with van der Waals surface area (Å²) < 4.78 is 2.02. The lowest BCUT2D eigenvalue weighted by Crippen LogP contribution is -2.21. The lowest BCUT2D eigenvalue weighted by Gasteiger charge is -2.06. The van der Waals surface area contributed by atoms with Crippen molar-refractivity contribution in [2.75, 3.05) is 0 Å². The first-order valence-electron chi connectivity index (χ1n) is 6.45. The summed E-state index contributed by atoms with van der Waals surface area (Å²) in [6.07, 6.45) is 2.14. The van der Waals surface area contributed by atoms with Crippen molar-refractivity contribution in [2.45, 2.75) is 39.9 Å². The van der Waals surface area contributed by atoms with Crippen LogP contribution in [0.4, 0.5) is 0 Å². The molecule has 0 atom stereocenters. The quantitative estimate of drug-likeness (QED) is 0.875. The average molecular weight is 243 g/mol. The molecular weight excluding hydrogens is 222 g/mol. The Morgan fingerprint density at radius 3 is 2.61 bits per heavy atom. The molecule has 0 radical (unpaired) electrons. The van der Waals surface area contributed by atoms with Crippen molar-refractivity contribution in [1.29, 1.82) is 0 Å². The first-order chi connectivity index (χ1) is 8.65. The van der Waals surface area contributed by atoms with Gasteiger partial charge in [0, 0.05) is 24.3 Å². The normalized spacial score (nSPS) is 11.1. The van der Waals surface area contributed by atoms with E-state index in [0.717, 1.165) is 18.8 Å². The van der Waals surface area contributed by atoms with Crippen LogP contribution in [0.25, 0.3) is 0 Å². The third kappa shape index (κ3) is 3.44. The van der Waals surface area contributed by atoms with Gasteiger partial charge in [0.2, 0.25) is 0 Å². The maximum Gasteiger partial charge on any atom is 0.0659 e. The van der Waals surface area contributed by atoms with E-state index in [1.54, 1.807) is 0 Å². The van der Waals surface area contributed by atoms with Crippen LogP contribution in [0, 0.1) is 6.92 Å². The maximum atomic E-state index is 4.56. The Hall–Kier alpha value is -1.61. The van der Waals surface area contributed by atoms with Crippen LogP contribution in [0.2, 0.25) is 0 Å². The Balaban J connectivity index is 2.04. The third-order valence-corrected chi connectivity index (χ3v) is 2.94. The highest BCUT2D eigenvalue weighted by molar-refractivity contribution is 5.18. The van der Waals surface area contributed by atoms with Crippen LogP contribution in [-0.2, 0) is 13.1 Å². The highest BCUT2D eigenvalue weighted by Gasteiger charge is 2.05. The zero-order valence-electron chi connectivity index (χ0n) is 11.4. The largest absolute Gasteiger partial charge is 0.310 e. The van der Waals surface area contributed by atoms with Crippen LogP contribution in [0.3, 0.4) is 0 Å². The van der Waals surface area contributed by atoms with Gasteiger partial charge in [-0.2, -0.15) is 5.10 Å². The Morgan fingerprint density at radius 2 is 1.94 bits per heavy atom. The van der Waals surface area contributed by atoms with E-state index in [4.69, 9.17) is 0 Å². The van der Waals surface area contributed by atoms with Gasteiger partial charge >= 0.3 is 0 Å². The second kappa shape index (κ2) is 5.83. The molecule has 18 heavy (non-hydrogen) atoms. The van der Waals surface area contributed by atoms with Crippen LogP contribution < -0.4 is 5.32 Å². The van der Waals surface area contributed by atoms with Crippen LogP contribution in [0.5, 0.6) is 0 Å². The molecule has 0 saturated heterocycles. The molecule has 1 aromatic carbocycles. The fourth-order valence-electron chi connectivity index (χ4n) is 1.90. The van der Waals surface area contributed by atoms with Crippen molar-refractivity contribution >= 4 is 0 Å². The summed E-state index contributed by atoms with van der Waals surface area (Å²) in [7, 11) is 0. The fourth-order valence-corrected chi connectivity index (χ4v) is 1.90. The number of benzene rings is 1. The van der Waals surface area contributed by atoms with Gasteiger partial charge < -0.3 is 5.32 Å². The number of rotatable bonds is 5. The SMILES string of the molecule is Cc1nn(Cc2ccccc2)cc1CNC(C)C. The smallest absolute Gasteiger partial charge is 0.0659 e. The maximum absolute atomic E-state index is 4.56. The van der Waals surface area contributed by atoms with Gasteiger partial charge in [0.15, 0.2) is 0 Å². The second-order valence-corrected chi connectivity index (χ2v) is 4.96. The Bertz CT molecular complexity index is 486. The molecule has 96 valence electrons. The van der Waals surface area contributed by atoms with Gasteiger partial charge in [0.05, 0.1) is 12.2 Å². The summed E-state index contributed by atoms with van der Waals surface area (Å²) >= 11 is 0. The third-order valence-electron chi connectivity index (χ3n) is 2.94. The molecule has 3 nitrogen and oxygen atoms in total. The van der Waals surface area contributed by atoms with Gasteiger partial charge in [0.25, 0.3) is 0 Å². The van der Waals surface area contributed by atoms with Gasteiger partial charge in [-0.25, -0.2) is 0 Å². The lowest BCUT2D eigenvalue weighted by molar-refractivity contribution is 0.587. The summed E-state index contributed by atoms with van der Waals surface area (Å²) in [5, 5.41) is 7.99. The molecule has 2 aromatic rings. The molecule has 1 heterocycles. The van der Waals surface area contributed by atoms with Crippen molar-refractivity contribution in [3.63, 3.8) is 0 Å². The molecule has 0 saturated carbocycles. The molecule has 1 aromatic heterocycles. The minimum atomic E-state index is 0.502. The minimum Gasteiger partial charge on any atom is -0.310 e. The van der Waals surface area contributed by atoms with Crippen LogP contribution in [-0.4, -0.2) is 15.8 Å². The van der Waals surface area contributed by atoms with Crippen molar-refractivity contribution in [1.82, 2.24) is 15.1 Å². The molecule has 2 rings (SSSR count). The summed E-state index contributed by atoms with van der Waals surface area (Å²) in [4.78, 5) is 0. The standard InChI is InChI=1S/C15H21N3/c1-12(2)16-9-15-11-18(17-13(15)3)10-14-7-5-4-6-8-14/h4-8,11-12,16H,9-10H2,1-3H3. The predicted molar refractivity (Wildman–Crippen MR) is 74.5 cm³/mol. The lowest BCUT2D eigenvalue weighted by atomic mass is 10.2. The summed E-state index contributed by atoms with van der Waals surface area (Å²) in [5.41, 5.74) is 3.67. The van der Waals surface area contributed by atoms with Crippen molar-refractivity contribution in [3.05, 3.63) is 53.3 Å². The van der Waals surface area contributed by atoms with Crippen molar-refractivity contribution in [2.24, 2.45) is 0 Å². The van der Waals surface area contributed by atoms with E-state index in [-0.39, 0.29) is 0 Å². The van der Waals surface area contributed by atoms with E-state index >= 15 is 0 Å². The Morgan fingerprint density at radius 1 is 1.22 bits per heavy atom. The fraction of sp³-hybridized carbons (Fsp3) is 0.400. The first-order valence-corrected chi connectivity index (χ1v) is 6.45. The number of nitrogens with zero attached hydrogens (tertiary/aromatic N) is 2. The molecule has 0 aliphatic rings. The average Bonchev–Trinajstić information content (AvgIpc) is 2.68. The van der Waals surface area contributed by atoms with E-state index < -0.39 is 0 Å². The van der Waals surface area contributed by atoms with Crippen LogP contribution >= 0.6 is 0 Å². The zero-order chi connectivity index (χ0) is 13.0. The van der Waals surface area contributed by atoms with Crippen molar-refractivity contribution < 1.29 is 0 Å². The Labute approximate surface area is 109 Å². The summed E-state index contributed by atoms with van der Waals surface area (Å²) in [5.74, 6) is 0. The molecule has 0 bridgehead atoms. The van der Waals surface area contributed by atoms with Crippen LogP contribution in [0.1, 0.15) is 30.7 Å². The number of hydrogen-bond acceptors (Lipinski definition) is 2. The van der Waals surface area contributed by atoms with E-state index in [1.165, 1.54) is 11.1 Å². The van der Waals surface area contributed by atoms with E-state index in [1.807, 2.05) is 10.7 Å². The molecule has 0 aliphatic heterocycles. The highest BCUT2D eigenvalue weighted by Crippen LogP contribution is 2.08. The van der Waals surface area contributed by atoms with Gasteiger partial charge in [0.1, 0.15) is 0 Å². The predicted octanol–water partition coefficient (Wildman–Crippen LogP) is 2.74. The molecule has 0 unspecified atom stereocenters. The molecule has 3 heteroatoms. The summed E-state index contributed by atoms with van der Waals surface area (Å²) in [6, 6.07) is 10.9. The topological polar surface area (TPSA) is 29.9 Å². The summed E-state index contributed by atoms with van der Waals surface area (Å²) in [6.45, 7) is 8.11. The Kier molecular flexibility index (Phi) is 4.15. The number of nitrogens with one attached hydrogen (secondary N) is 1. The zero-order valence-corrected chi connectivity index (χ0v) is 11.4. The monoisotopic (exact) mass is 243 g/mol. The van der Waals surface area contributed by atoms with E-state index in [0.29, 0.717) is 6.04 Å². The van der Waals surface area contributed by atoms with Gasteiger partial charge in [-0.3, -0.25) is 4.68 Å². The minimum absolute atomic E-state index is 0.502. The van der Waals surface area contributed by atoms with Crippen molar-refractivity contribution in [3.8, 4) is 0 Å². The van der Waals surface area contributed by atoms with E-state index in [2.05, 4.69) is 61.6 Å². The number of hydrogen-bond donors (Lipinski definition) is 1. The molecular formula is C15H21N3.